The highest BCUT2D eigenvalue weighted by Crippen LogP contribution is 2.19. The van der Waals surface area contributed by atoms with Crippen LogP contribution < -0.4 is 0 Å². The Morgan fingerprint density at radius 3 is 2.44 bits per heavy atom. The zero-order valence-corrected chi connectivity index (χ0v) is 10.1. The van der Waals surface area contributed by atoms with Gasteiger partial charge in [-0.25, -0.2) is 8.42 Å². The highest BCUT2D eigenvalue weighted by Gasteiger charge is 2.21. The molecule has 16 heavy (non-hydrogen) atoms. The minimum absolute atomic E-state index is 0.365. The highest BCUT2D eigenvalue weighted by molar-refractivity contribution is 7.89. The number of nitrogens with zero attached hydrogens (tertiary/aromatic N) is 1. The zero-order valence-electron chi connectivity index (χ0n) is 9.26. The van der Waals surface area contributed by atoms with Gasteiger partial charge in [0.05, 0.1) is 4.90 Å². The van der Waals surface area contributed by atoms with E-state index >= 15 is 0 Å². The molecule has 0 amide bonds. The summed E-state index contributed by atoms with van der Waals surface area (Å²) >= 11 is 0. The Kier molecular flexibility index (Phi) is 3.01. The maximum atomic E-state index is 12.2. The van der Waals surface area contributed by atoms with Gasteiger partial charge in [0.25, 0.3) is 10.0 Å². The smallest absolute Gasteiger partial charge is 0.263 e. The summed E-state index contributed by atoms with van der Waals surface area (Å²) < 4.78 is 25.8. The van der Waals surface area contributed by atoms with E-state index in [4.69, 9.17) is 0 Å². The fourth-order valence-corrected chi connectivity index (χ4v) is 3.04. The molecule has 0 fully saturated rings. The maximum Gasteiger partial charge on any atom is 0.263 e. The second kappa shape index (κ2) is 4.29. The summed E-state index contributed by atoms with van der Waals surface area (Å²) in [6.45, 7) is 2.52. The first-order chi connectivity index (χ1) is 7.60. The molecule has 86 valence electrons. The molecule has 0 saturated heterocycles. The maximum absolute atomic E-state index is 12.2. The quantitative estimate of drug-likeness (QED) is 0.791. The van der Waals surface area contributed by atoms with Crippen molar-refractivity contribution in [3.8, 4) is 0 Å². The molecule has 0 aliphatic carbocycles. The fourth-order valence-electron chi connectivity index (χ4n) is 1.68. The van der Waals surface area contributed by atoms with Crippen LogP contribution in [-0.2, 0) is 10.0 Å². The van der Waals surface area contributed by atoms with Gasteiger partial charge in [0.15, 0.2) is 0 Å². The predicted molar refractivity (Wildman–Crippen MR) is 63.4 cm³/mol. The lowest BCUT2D eigenvalue weighted by molar-refractivity contribution is 0.476. The highest BCUT2D eigenvalue weighted by atomic mass is 32.2. The van der Waals surface area contributed by atoms with Gasteiger partial charge >= 0.3 is 0 Å². The van der Waals surface area contributed by atoms with Crippen molar-refractivity contribution < 1.29 is 8.42 Å². The normalized spacial score (nSPS) is 16.4. The molecule has 1 aliphatic heterocycles. The van der Waals surface area contributed by atoms with Crippen LogP contribution >= 0.6 is 0 Å². The molecule has 1 aromatic carbocycles. The number of benzene rings is 1. The van der Waals surface area contributed by atoms with Gasteiger partial charge in [0.1, 0.15) is 0 Å². The Hall–Kier alpha value is -1.29. The monoisotopic (exact) mass is 237 g/mol. The molecule has 0 aromatic heterocycles. The summed E-state index contributed by atoms with van der Waals surface area (Å²) in [5.74, 6) is 0. The van der Waals surface area contributed by atoms with Crippen molar-refractivity contribution in [3.05, 3.63) is 42.1 Å². The Morgan fingerprint density at radius 2 is 1.88 bits per heavy atom. The van der Waals surface area contributed by atoms with Crippen molar-refractivity contribution in [1.82, 2.24) is 4.31 Å². The van der Waals surface area contributed by atoms with Gasteiger partial charge < -0.3 is 0 Å². The van der Waals surface area contributed by atoms with Crippen LogP contribution in [0.15, 0.2) is 41.4 Å². The summed E-state index contributed by atoms with van der Waals surface area (Å²) in [4.78, 5) is 0.365. The van der Waals surface area contributed by atoms with Gasteiger partial charge in [-0.1, -0.05) is 23.8 Å². The predicted octanol–water partition coefficient (Wildman–Crippen LogP) is 2.29. The van der Waals surface area contributed by atoms with Gasteiger partial charge in [-0.05, 0) is 31.9 Å². The second-order valence-corrected chi connectivity index (χ2v) is 5.85. The molecule has 1 aromatic rings. The van der Waals surface area contributed by atoms with Crippen molar-refractivity contribution in [2.45, 2.75) is 24.7 Å². The minimum atomic E-state index is -3.33. The van der Waals surface area contributed by atoms with E-state index in [9.17, 15) is 8.42 Å². The van der Waals surface area contributed by atoms with Crippen molar-refractivity contribution in [2.75, 3.05) is 6.54 Å². The Balaban J connectivity index is 2.34. The van der Waals surface area contributed by atoms with Crippen LogP contribution in [0.4, 0.5) is 0 Å². The second-order valence-electron chi connectivity index (χ2n) is 3.96. The number of hydrogen-bond donors (Lipinski definition) is 0. The van der Waals surface area contributed by atoms with E-state index in [-0.39, 0.29) is 0 Å². The van der Waals surface area contributed by atoms with Crippen LogP contribution in [0.5, 0.6) is 0 Å². The van der Waals surface area contributed by atoms with E-state index in [2.05, 4.69) is 0 Å². The molecule has 0 saturated carbocycles. The fraction of sp³-hybridized carbons (Fsp3) is 0.333. The SMILES string of the molecule is Cc1ccc(S(=O)(=O)N2C=CCCC2)cc1. The van der Waals surface area contributed by atoms with Crippen molar-refractivity contribution in [1.29, 1.82) is 0 Å². The molecular weight excluding hydrogens is 222 g/mol. The number of aryl methyl sites for hydroxylation is 1. The Morgan fingerprint density at radius 1 is 1.19 bits per heavy atom. The summed E-state index contributed by atoms with van der Waals surface area (Å²) in [5.41, 5.74) is 1.06. The first-order valence-corrected chi connectivity index (χ1v) is 6.80. The Bertz CT molecular complexity index is 488. The average molecular weight is 237 g/mol. The van der Waals surface area contributed by atoms with Crippen LogP contribution in [0.25, 0.3) is 0 Å². The molecule has 0 N–H and O–H groups in total. The largest absolute Gasteiger partial charge is 0.274 e. The van der Waals surface area contributed by atoms with Crippen molar-refractivity contribution >= 4 is 10.0 Å². The van der Waals surface area contributed by atoms with E-state index in [1.54, 1.807) is 18.3 Å². The number of hydrogen-bond acceptors (Lipinski definition) is 2. The van der Waals surface area contributed by atoms with Crippen LogP contribution in [0.3, 0.4) is 0 Å². The third-order valence-corrected chi connectivity index (χ3v) is 4.44. The van der Waals surface area contributed by atoms with E-state index in [1.807, 2.05) is 25.1 Å². The zero-order chi connectivity index (χ0) is 11.6. The van der Waals surface area contributed by atoms with Crippen LogP contribution in [0, 0.1) is 6.92 Å². The van der Waals surface area contributed by atoms with Crippen LogP contribution in [0.2, 0.25) is 0 Å². The van der Waals surface area contributed by atoms with Crippen molar-refractivity contribution in [2.24, 2.45) is 0 Å². The van der Waals surface area contributed by atoms with Gasteiger partial charge in [-0.15, -0.1) is 0 Å². The lowest BCUT2D eigenvalue weighted by Gasteiger charge is -2.23. The standard InChI is InChI=1S/C12H15NO2S/c1-11-5-7-12(8-6-11)16(14,15)13-9-3-2-4-10-13/h3,5-9H,2,4,10H2,1H3. The molecule has 0 spiro atoms. The molecule has 1 aliphatic rings. The van der Waals surface area contributed by atoms with Gasteiger partial charge in [0, 0.05) is 12.7 Å². The van der Waals surface area contributed by atoms with Gasteiger partial charge in [0.2, 0.25) is 0 Å². The minimum Gasteiger partial charge on any atom is -0.274 e. The first-order valence-electron chi connectivity index (χ1n) is 5.36. The van der Waals surface area contributed by atoms with Crippen molar-refractivity contribution in [3.63, 3.8) is 0 Å². The molecule has 0 unspecified atom stereocenters. The van der Waals surface area contributed by atoms with Crippen LogP contribution in [-0.4, -0.2) is 19.3 Å². The molecule has 1 heterocycles. The van der Waals surface area contributed by atoms with Crippen LogP contribution in [0.1, 0.15) is 18.4 Å². The number of allylic oxidation sites excluding steroid dienone is 1. The van der Waals surface area contributed by atoms with E-state index in [1.165, 1.54) is 4.31 Å². The Labute approximate surface area is 96.4 Å². The third-order valence-electron chi connectivity index (χ3n) is 2.65. The molecule has 4 heteroatoms. The average Bonchev–Trinajstić information content (AvgIpc) is 2.31. The molecule has 0 atom stereocenters. The van der Waals surface area contributed by atoms with Gasteiger partial charge in [-0.2, -0.15) is 0 Å². The third kappa shape index (κ3) is 2.11. The summed E-state index contributed by atoms with van der Waals surface area (Å²) in [5, 5.41) is 0. The van der Waals surface area contributed by atoms with Gasteiger partial charge in [-0.3, -0.25) is 4.31 Å². The topological polar surface area (TPSA) is 37.4 Å². The lowest BCUT2D eigenvalue weighted by atomic mass is 10.2. The summed E-state index contributed by atoms with van der Waals surface area (Å²) in [7, 11) is -3.33. The summed E-state index contributed by atoms with van der Waals surface area (Å²) in [6.07, 6.45) is 5.41. The van der Waals surface area contributed by atoms with E-state index in [0.717, 1.165) is 18.4 Å². The summed E-state index contributed by atoms with van der Waals surface area (Å²) in [6, 6.07) is 6.96. The molecule has 0 radical (unpaired) electrons. The molecule has 3 nitrogen and oxygen atoms in total. The number of rotatable bonds is 2. The molecule has 2 rings (SSSR count). The molecular formula is C12H15NO2S. The first kappa shape index (κ1) is 11.2. The van der Waals surface area contributed by atoms with E-state index < -0.39 is 10.0 Å². The van der Waals surface area contributed by atoms with E-state index in [0.29, 0.717) is 11.4 Å². The number of sulfonamides is 1. The molecule has 0 bridgehead atoms. The lowest BCUT2D eigenvalue weighted by Crippen LogP contribution is -2.28.